The number of rotatable bonds is 11. The first-order chi connectivity index (χ1) is 16.0. The Morgan fingerprint density at radius 2 is 1.73 bits per heavy atom. The molecular formula is C25H29N3O4S. The first-order valence-corrected chi connectivity index (χ1v) is 11.4. The molecule has 0 aliphatic carbocycles. The molecule has 0 spiro atoms. The molecule has 2 amide bonds. The van der Waals surface area contributed by atoms with Crippen LogP contribution in [0.1, 0.15) is 26.7 Å². The van der Waals surface area contributed by atoms with Crippen LogP contribution in [-0.2, 0) is 9.59 Å². The van der Waals surface area contributed by atoms with Crippen LogP contribution < -0.4 is 19.7 Å². The second-order valence-electron chi connectivity index (χ2n) is 7.47. The number of nitrogens with one attached hydrogen (secondary N) is 1. The van der Waals surface area contributed by atoms with Gasteiger partial charge in [-0.3, -0.25) is 14.5 Å². The van der Waals surface area contributed by atoms with Gasteiger partial charge in [-0.1, -0.05) is 13.0 Å². The Labute approximate surface area is 200 Å². The minimum atomic E-state index is -0.714. The van der Waals surface area contributed by atoms with Gasteiger partial charge < -0.3 is 19.7 Å². The van der Waals surface area contributed by atoms with E-state index >= 15 is 0 Å². The van der Waals surface area contributed by atoms with Crippen LogP contribution in [0.3, 0.4) is 0 Å². The third kappa shape index (κ3) is 5.90. The zero-order valence-electron chi connectivity index (χ0n) is 19.0. The monoisotopic (exact) mass is 467 g/mol. The van der Waals surface area contributed by atoms with Crippen molar-refractivity contribution in [3.8, 4) is 11.5 Å². The third-order valence-corrected chi connectivity index (χ3v) is 5.46. The third-order valence-electron chi connectivity index (χ3n) is 5.04. The number of hydrogen-bond donors (Lipinski definition) is 1. The van der Waals surface area contributed by atoms with Gasteiger partial charge in [-0.15, -0.1) is 6.58 Å². The number of anilines is 2. The van der Waals surface area contributed by atoms with Crippen molar-refractivity contribution < 1.29 is 19.1 Å². The van der Waals surface area contributed by atoms with E-state index in [9.17, 15) is 9.59 Å². The summed E-state index contributed by atoms with van der Waals surface area (Å²) in [6, 6.07) is 13.6. The fraction of sp³-hybridized carbons (Fsp3) is 0.320. The molecule has 0 aromatic heterocycles. The molecule has 174 valence electrons. The van der Waals surface area contributed by atoms with Crippen LogP contribution in [-0.4, -0.2) is 47.6 Å². The SMILES string of the molecule is C=CCN1C(=S)N(c2ccc(OCC)cc2)C(=O)C1CC(=O)Nc1ccc(OCCC)cc1. The number of hydrogen-bond acceptors (Lipinski definition) is 5. The molecule has 1 fully saturated rings. The largest absolute Gasteiger partial charge is 0.494 e. The van der Waals surface area contributed by atoms with Crippen LogP contribution in [0.25, 0.3) is 0 Å². The fourth-order valence-electron chi connectivity index (χ4n) is 3.52. The van der Waals surface area contributed by atoms with Gasteiger partial charge in [0.15, 0.2) is 5.11 Å². The molecule has 8 heteroatoms. The van der Waals surface area contributed by atoms with Crippen molar-refractivity contribution in [1.29, 1.82) is 0 Å². The van der Waals surface area contributed by atoms with E-state index in [0.717, 1.165) is 12.2 Å². The molecule has 1 aliphatic rings. The first-order valence-electron chi connectivity index (χ1n) is 11.0. The van der Waals surface area contributed by atoms with Gasteiger partial charge in [-0.05, 0) is 74.1 Å². The molecule has 0 bridgehead atoms. The quantitative estimate of drug-likeness (QED) is 0.390. The minimum Gasteiger partial charge on any atom is -0.494 e. The van der Waals surface area contributed by atoms with E-state index in [1.807, 2.05) is 13.8 Å². The Hall–Kier alpha value is -3.39. The molecule has 1 saturated heterocycles. The zero-order valence-corrected chi connectivity index (χ0v) is 19.8. The average Bonchev–Trinajstić information content (AvgIpc) is 3.03. The topological polar surface area (TPSA) is 71.1 Å². The van der Waals surface area contributed by atoms with Gasteiger partial charge in [0.1, 0.15) is 17.5 Å². The predicted octanol–water partition coefficient (Wildman–Crippen LogP) is 4.39. The van der Waals surface area contributed by atoms with Gasteiger partial charge in [0.2, 0.25) is 5.91 Å². The van der Waals surface area contributed by atoms with Crippen molar-refractivity contribution in [2.75, 3.05) is 30.0 Å². The second kappa shape index (κ2) is 11.5. The van der Waals surface area contributed by atoms with Crippen LogP contribution in [0.15, 0.2) is 61.2 Å². The maximum Gasteiger partial charge on any atom is 0.256 e. The highest BCUT2D eigenvalue weighted by molar-refractivity contribution is 7.80. The van der Waals surface area contributed by atoms with E-state index in [2.05, 4.69) is 11.9 Å². The molecule has 33 heavy (non-hydrogen) atoms. The molecular weight excluding hydrogens is 438 g/mol. The molecule has 1 heterocycles. The van der Waals surface area contributed by atoms with Gasteiger partial charge in [0.05, 0.1) is 25.3 Å². The number of nitrogens with zero attached hydrogens (tertiary/aromatic N) is 2. The van der Waals surface area contributed by atoms with Crippen molar-refractivity contribution >= 4 is 40.5 Å². The number of amides is 2. The molecule has 2 aromatic rings. The molecule has 1 unspecified atom stereocenters. The summed E-state index contributed by atoms with van der Waals surface area (Å²) >= 11 is 5.59. The van der Waals surface area contributed by atoms with Gasteiger partial charge in [0, 0.05) is 12.2 Å². The Morgan fingerprint density at radius 3 is 2.33 bits per heavy atom. The summed E-state index contributed by atoms with van der Waals surface area (Å²) in [6.45, 7) is 9.26. The van der Waals surface area contributed by atoms with Crippen molar-refractivity contribution in [1.82, 2.24) is 4.90 Å². The van der Waals surface area contributed by atoms with E-state index in [-0.39, 0.29) is 18.2 Å². The van der Waals surface area contributed by atoms with E-state index in [1.54, 1.807) is 59.5 Å². The Balaban J connectivity index is 1.71. The lowest BCUT2D eigenvalue weighted by atomic mass is 10.1. The van der Waals surface area contributed by atoms with Gasteiger partial charge >= 0.3 is 0 Å². The van der Waals surface area contributed by atoms with Crippen molar-refractivity contribution in [3.63, 3.8) is 0 Å². The first kappa shape index (κ1) is 24.3. The zero-order chi connectivity index (χ0) is 23.8. The summed E-state index contributed by atoms with van der Waals surface area (Å²) < 4.78 is 11.0. The van der Waals surface area contributed by atoms with E-state index < -0.39 is 6.04 Å². The molecule has 1 atom stereocenters. The van der Waals surface area contributed by atoms with Gasteiger partial charge in [0.25, 0.3) is 5.91 Å². The lowest BCUT2D eigenvalue weighted by Gasteiger charge is -2.22. The lowest BCUT2D eigenvalue weighted by Crippen LogP contribution is -2.37. The van der Waals surface area contributed by atoms with Crippen molar-refractivity contribution in [3.05, 3.63) is 61.2 Å². The molecule has 3 rings (SSSR count). The van der Waals surface area contributed by atoms with Gasteiger partial charge in [-0.2, -0.15) is 0 Å². The van der Waals surface area contributed by atoms with Crippen molar-refractivity contribution in [2.24, 2.45) is 0 Å². The summed E-state index contributed by atoms with van der Waals surface area (Å²) in [5, 5.41) is 3.20. The molecule has 0 saturated carbocycles. The highest BCUT2D eigenvalue weighted by Crippen LogP contribution is 2.29. The molecule has 2 aromatic carbocycles. The average molecular weight is 468 g/mol. The molecule has 0 radical (unpaired) electrons. The Bertz CT molecular complexity index is 992. The summed E-state index contributed by atoms with van der Waals surface area (Å²) in [4.78, 5) is 29.2. The summed E-state index contributed by atoms with van der Waals surface area (Å²) in [6.07, 6.45) is 2.56. The second-order valence-corrected chi connectivity index (χ2v) is 7.83. The maximum atomic E-state index is 13.3. The van der Waals surface area contributed by atoms with E-state index in [4.69, 9.17) is 21.7 Å². The Morgan fingerprint density at radius 1 is 1.09 bits per heavy atom. The lowest BCUT2D eigenvalue weighted by molar-refractivity contribution is -0.124. The molecule has 1 N–H and O–H groups in total. The number of carbonyl (C=O) groups is 2. The number of thiocarbonyl (C=S) groups is 1. The summed E-state index contributed by atoms with van der Waals surface area (Å²) in [5.41, 5.74) is 1.27. The maximum absolute atomic E-state index is 13.3. The minimum absolute atomic E-state index is 0.0333. The standard InChI is InChI=1S/C25H29N3O4S/c1-4-15-27-22(17-23(29)26-18-7-11-21(12-8-18)32-16-5-2)24(30)28(25(27)33)19-9-13-20(14-10-19)31-6-3/h4,7-14,22H,1,5-6,15-17H2,2-3H3,(H,26,29). The Kier molecular flexibility index (Phi) is 8.43. The fourth-order valence-corrected chi connectivity index (χ4v) is 3.92. The highest BCUT2D eigenvalue weighted by Gasteiger charge is 2.43. The van der Waals surface area contributed by atoms with Crippen LogP contribution in [0, 0.1) is 0 Å². The molecule has 1 aliphatic heterocycles. The van der Waals surface area contributed by atoms with Crippen molar-refractivity contribution in [2.45, 2.75) is 32.7 Å². The van der Waals surface area contributed by atoms with Gasteiger partial charge in [-0.25, -0.2) is 0 Å². The summed E-state index contributed by atoms with van der Waals surface area (Å²) in [7, 11) is 0. The molecule has 7 nitrogen and oxygen atoms in total. The van der Waals surface area contributed by atoms with Crippen LogP contribution in [0.2, 0.25) is 0 Å². The predicted molar refractivity (Wildman–Crippen MR) is 134 cm³/mol. The smallest absolute Gasteiger partial charge is 0.256 e. The van der Waals surface area contributed by atoms with Crippen LogP contribution >= 0.6 is 12.2 Å². The normalized spacial score (nSPS) is 15.5. The highest BCUT2D eigenvalue weighted by atomic mass is 32.1. The van der Waals surface area contributed by atoms with E-state index in [0.29, 0.717) is 42.0 Å². The van der Waals surface area contributed by atoms with Crippen LogP contribution in [0.5, 0.6) is 11.5 Å². The summed E-state index contributed by atoms with van der Waals surface area (Å²) in [5.74, 6) is 0.934. The number of ether oxygens (including phenoxy) is 2. The number of carbonyl (C=O) groups excluding carboxylic acids is 2. The number of benzene rings is 2. The van der Waals surface area contributed by atoms with E-state index in [1.165, 1.54) is 4.90 Å². The van der Waals surface area contributed by atoms with Crippen LogP contribution in [0.4, 0.5) is 11.4 Å².